The van der Waals surface area contributed by atoms with E-state index in [1.165, 1.54) is 0 Å². The molecule has 0 aliphatic rings. The molecule has 0 fully saturated rings. The molecule has 0 saturated carbocycles. The van der Waals surface area contributed by atoms with Gasteiger partial charge in [-0.15, -0.1) is 0 Å². The summed E-state index contributed by atoms with van der Waals surface area (Å²) in [5.41, 5.74) is 7.22. The minimum atomic E-state index is -0.0551. The second-order valence-electron chi connectivity index (χ2n) is 4.28. The van der Waals surface area contributed by atoms with Crippen molar-refractivity contribution in [3.63, 3.8) is 0 Å². The number of rotatable bonds is 5. The molecule has 0 spiro atoms. The smallest absolute Gasteiger partial charge is 0.110 e. The summed E-state index contributed by atoms with van der Waals surface area (Å²) in [7, 11) is 1.96. The van der Waals surface area contributed by atoms with E-state index in [4.69, 9.17) is 5.73 Å². The molecule has 2 aromatic heterocycles. The molecule has 1 unspecified atom stereocenters. The Morgan fingerprint density at radius 2 is 2.29 bits per heavy atom. The molecule has 0 aliphatic heterocycles. The second kappa shape index (κ2) is 5.14. The van der Waals surface area contributed by atoms with Crippen LogP contribution in [0.5, 0.6) is 0 Å². The predicted molar refractivity (Wildman–Crippen MR) is 66.4 cm³/mol. The number of nitrogens with two attached hydrogens (primary N) is 1. The Balaban J connectivity index is 2.10. The SMILES string of the molecule is CCCn1ccnc1CC(N)c1cncn1C. The molecule has 17 heavy (non-hydrogen) atoms. The van der Waals surface area contributed by atoms with Crippen LogP contribution in [0.15, 0.2) is 24.9 Å². The molecule has 92 valence electrons. The van der Waals surface area contributed by atoms with Crippen molar-refractivity contribution < 1.29 is 0 Å². The molecule has 2 rings (SSSR count). The standard InChI is InChI=1S/C12H19N5/c1-3-5-17-6-4-15-12(17)7-10(13)11-8-14-9-16(11)2/h4,6,8-10H,3,5,7,13H2,1-2H3. The zero-order valence-electron chi connectivity index (χ0n) is 10.4. The molecular weight excluding hydrogens is 214 g/mol. The molecule has 2 aromatic rings. The van der Waals surface area contributed by atoms with Crippen molar-refractivity contribution in [2.75, 3.05) is 0 Å². The lowest BCUT2D eigenvalue weighted by Gasteiger charge is -2.13. The molecule has 2 N–H and O–H groups in total. The zero-order chi connectivity index (χ0) is 12.3. The van der Waals surface area contributed by atoms with Gasteiger partial charge in [0.15, 0.2) is 0 Å². The summed E-state index contributed by atoms with van der Waals surface area (Å²) >= 11 is 0. The topological polar surface area (TPSA) is 61.7 Å². The molecule has 0 aliphatic carbocycles. The van der Waals surface area contributed by atoms with Gasteiger partial charge < -0.3 is 14.9 Å². The molecule has 0 aromatic carbocycles. The van der Waals surface area contributed by atoms with E-state index in [1.807, 2.05) is 30.2 Å². The summed E-state index contributed by atoms with van der Waals surface area (Å²) in [6.45, 7) is 3.15. The lowest BCUT2D eigenvalue weighted by molar-refractivity contribution is 0.581. The fourth-order valence-corrected chi connectivity index (χ4v) is 2.00. The highest BCUT2D eigenvalue weighted by molar-refractivity contribution is 5.08. The summed E-state index contributed by atoms with van der Waals surface area (Å²) in [5, 5.41) is 0. The zero-order valence-corrected chi connectivity index (χ0v) is 10.4. The van der Waals surface area contributed by atoms with Gasteiger partial charge in [0.05, 0.1) is 18.1 Å². The minimum Gasteiger partial charge on any atom is -0.336 e. The summed E-state index contributed by atoms with van der Waals surface area (Å²) in [4.78, 5) is 8.45. The van der Waals surface area contributed by atoms with Crippen LogP contribution in [0.3, 0.4) is 0 Å². The Bertz CT molecular complexity index is 471. The first kappa shape index (κ1) is 11.9. The van der Waals surface area contributed by atoms with Crippen LogP contribution in [-0.2, 0) is 20.0 Å². The summed E-state index contributed by atoms with van der Waals surface area (Å²) in [6.07, 6.45) is 9.28. The lowest BCUT2D eigenvalue weighted by Crippen LogP contribution is -2.19. The van der Waals surface area contributed by atoms with Gasteiger partial charge in [-0.3, -0.25) is 0 Å². The molecule has 0 radical (unpaired) electrons. The van der Waals surface area contributed by atoms with Crippen molar-refractivity contribution >= 4 is 0 Å². The van der Waals surface area contributed by atoms with E-state index in [0.29, 0.717) is 0 Å². The van der Waals surface area contributed by atoms with Crippen LogP contribution < -0.4 is 5.73 Å². The van der Waals surface area contributed by atoms with Crippen molar-refractivity contribution in [3.05, 3.63) is 36.4 Å². The largest absolute Gasteiger partial charge is 0.336 e. The lowest BCUT2D eigenvalue weighted by atomic mass is 10.1. The molecular formula is C12H19N5. The van der Waals surface area contributed by atoms with Crippen LogP contribution in [-0.4, -0.2) is 19.1 Å². The normalized spacial score (nSPS) is 12.9. The first-order chi connectivity index (χ1) is 8.22. The van der Waals surface area contributed by atoms with Crippen LogP contribution in [0.25, 0.3) is 0 Å². The van der Waals surface area contributed by atoms with Gasteiger partial charge in [0.2, 0.25) is 0 Å². The fourth-order valence-electron chi connectivity index (χ4n) is 2.00. The molecule has 5 heteroatoms. The average molecular weight is 233 g/mol. The summed E-state index contributed by atoms with van der Waals surface area (Å²) in [6, 6.07) is -0.0551. The Kier molecular flexibility index (Phi) is 3.58. The van der Waals surface area contributed by atoms with Crippen LogP contribution in [0.1, 0.15) is 30.9 Å². The Morgan fingerprint density at radius 1 is 1.47 bits per heavy atom. The quantitative estimate of drug-likeness (QED) is 0.846. The van der Waals surface area contributed by atoms with E-state index in [2.05, 4.69) is 21.5 Å². The number of aromatic nitrogens is 4. The number of nitrogens with zero attached hydrogens (tertiary/aromatic N) is 4. The van der Waals surface area contributed by atoms with Crippen molar-refractivity contribution in [2.45, 2.75) is 32.4 Å². The molecule has 5 nitrogen and oxygen atoms in total. The van der Waals surface area contributed by atoms with E-state index in [9.17, 15) is 0 Å². The fraction of sp³-hybridized carbons (Fsp3) is 0.500. The van der Waals surface area contributed by atoms with E-state index < -0.39 is 0 Å². The highest BCUT2D eigenvalue weighted by Gasteiger charge is 2.13. The maximum absolute atomic E-state index is 6.18. The maximum Gasteiger partial charge on any atom is 0.110 e. The van der Waals surface area contributed by atoms with Gasteiger partial charge in [-0.25, -0.2) is 9.97 Å². The number of imidazole rings is 2. The first-order valence-corrected chi connectivity index (χ1v) is 5.94. The van der Waals surface area contributed by atoms with Crippen molar-refractivity contribution in [1.82, 2.24) is 19.1 Å². The van der Waals surface area contributed by atoms with Gasteiger partial charge in [0.1, 0.15) is 5.82 Å². The van der Waals surface area contributed by atoms with E-state index in [1.54, 1.807) is 6.33 Å². The number of hydrogen-bond donors (Lipinski definition) is 1. The van der Waals surface area contributed by atoms with E-state index in [-0.39, 0.29) is 6.04 Å². The third-order valence-corrected chi connectivity index (χ3v) is 2.90. The Morgan fingerprint density at radius 3 is 2.94 bits per heavy atom. The number of hydrogen-bond acceptors (Lipinski definition) is 3. The number of aryl methyl sites for hydroxylation is 2. The van der Waals surface area contributed by atoms with Gasteiger partial charge in [0.25, 0.3) is 0 Å². The van der Waals surface area contributed by atoms with Gasteiger partial charge in [-0.05, 0) is 6.42 Å². The van der Waals surface area contributed by atoms with Gasteiger partial charge in [0, 0.05) is 38.6 Å². The third-order valence-electron chi connectivity index (χ3n) is 2.90. The molecule has 0 bridgehead atoms. The van der Waals surface area contributed by atoms with Crippen molar-refractivity contribution in [2.24, 2.45) is 12.8 Å². The third kappa shape index (κ3) is 2.55. The van der Waals surface area contributed by atoms with Gasteiger partial charge in [-0.1, -0.05) is 6.92 Å². The van der Waals surface area contributed by atoms with E-state index in [0.717, 1.165) is 30.9 Å². The average Bonchev–Trinajstić information content (AvgIpc) is 2.89. The van der Waals surface area contributed by atoms with E-state index >= 15 is 0 Å². The maximum atomic E-state index is 6.18. The second-order valence-corrected chi connectivity index (χ2v) is 4.28. The molecule has 1 atom stereocenters. The minimum absolute atomic E-state index is 0.0551. The Hall–Kier alpha value is -1.62. The molecule has 0 amide bonds. The first-order valence-electron chi connectivity index (χ1n) is 5.94. The highest BCUT2D eigenvalue weighted by atomic mass is 15.1. The molecule has 0 saturated heterocycles. The van der Waals surface area contributed by atoms with Crippen LogP contribution in [0.4, 0.5) is 0 Å². The van der Waals surface area contributed by atoms with Crippen LogP contribution in [0.2, 0.25) is 0 Å². The van der Waals surface area contributed by atoms with Gasteiger partial charge in [-0.2, -0.15) is 0 Å². The summed E-state index contributed by atoms with van der Waals surface area (Å²) < 4.78 is 4.12. The monoisotopic (exact) mass is 233 g/mol. The highest BCUT2D eigenvalue weighted by Crippen LogP contribution is 2.14. The Labute approximate surface area is 101 Å². The summed E-state index contributed by atoms with van der Waals surface area (Å²) in [5.74, 6) is 1.04. The predicted octanol–water partition coefficient (Wildman–Crippen LogP) is 1.27. The van der Waals surface area contributed by atoms with Crippen molar-refractivity contribution in [3.8, 4) is 0 Å². The van der Waals surface area contributed by atoms with Crippen LogP contribution in [0, 0.1) is 0 Å². The van der Waals surface area contributed by atoms with Crippen molar-refractivity contribution in [1.29, 1.82) is 0 Å². The van der Waals surface area contributed by atoms with Crippen LogP contribution >= 0.6 is 0 Å². The molecule has 2 heterocycles. The van der Waals surface area contributed by atoms with Gasteiger partial charge >= 0.3 is 0 Å².